The minimum absolute atomic E-state index is 0.0222. The molecule has 3 atom stereocenters. The number of aryl methyl sites for hydroxylation is 1. The highest BCUT2D eigenvalue weighted by Gasteiger charge is 2.43. The molecule has 4 heterocycles. The first-order valence-corrected chi connectivity index (χ1v) is 13.3. The maximum atomic E-state index is 15.0. The molecule has 39 heavy (non-hydrogen) atoms. The highest BCUT2D eigenvalue weighted by atomic mass is 19.1. The van der Waals surface area contributed by atoms with E-state index in [1.54, 1.807) is 13.0 Å². The molecule has 9 nitrogen and oxygen atoms in total. The van der Waals surface area contributed by atoms with Crippen LogP contribution in [0.1, 0.15) is 79.0 Å². The zero-order chi connectivity index (χ0) is 27.8. The summed E-state index contributed by atoms with van der Waals surface area (Å²) in [5, 5.41) is 24.9. The lowest BCUT2D eigenvalue weighted by atomic mass is 9.81. The number of hydrogen-bond acceptors (Lipinski definition) is 7. The summed E-state index contributed by atoms with van der Waals surface area (Å²) in [7, 11) is 0. The first-order valence-electron chi connectivity index (χ1n) is 13.3. The Bertz CT molecular complexity index is 1640. The van der Waals surface area contributed by atoms with E-state index in [4.69, 9.17) is 9.72 Å². The van der Waals surface area contributed by atoms with Crippen molar-refractivity contribution in [2.24, 2.45) is 0 Å². The number of nitrogens with one attached hydrogen (secondary N) is 1. The van der Waals surface area contributed by atoms with E-state index in [0.29, 0.717) is 41.7 Å². The van der Waals surface area contributed by atoms with E-state index in [1.807, 2.05) is 6.92 Å². The number of fused-ring (bicyclic) bond motifs is 5. The third-order valence-corrected chi connectivity index (χ3v) is 8.38. The molecule has 0 radical (unpaired) electrons. The molecule has 2 aliphatic heterocycles. The summed E-state index contributed by atoms with van der Waals surface area (Å²) in [6.45, 7) is 4.89. The quantitative estimate of drug-likeness (QED) is 0.335. The number of halogens is 1. The molecule has 0 saturated heterocycles. The van der Waals surface area contributed by atoms with E-state index in [-0.39, 0.29) is 42.4 Å². The van der Waals surface area contributed by atoms with E-state index in [9.17, 15) is 29.0 Å². The van der Waals surface area contributed by atoms with Gasteiger partial charge in [-0.05, 0) is 55.9 Å². The van der Waals surface area contributed by atoms with Crippen LogP contribution < -0.4 is 10.9 Å². The fourth-order valence-electron chi connectivity index (χ4n) is 6.35. The minimum Gasteiger partial charge on any atom is -0.458 e. The molecule has 0 spiro atoms. The Hall–Kier alpha value is -3.63. The van der Waals surface area contributed by atoms with E-state index in [1.165, 1.54) is 17.6 Å². The normalized spacial score (nSPS) is 21.7. The molecule has 10 heteroatoms. The molecule has 204 valence electrons. The summed E-state index contributed by atoms with van der Waals surface area (Å²) in [6.07, 6.45) is 1.59. The van der Waals surface area contributed by atoms with Gasteiger partial charge in [0.1, 0.15) is 12.4 Å². The SMILES string of the molecule is CCCC(O)CC(=O)N[C@H]1CCc2c(C)c(F)cc3nc4c(c1c23)Cn1c-4cc2c(c1=O)COC(=O)[C@@]2(C)O. The van der Waals surface area contributed by atoms with Crippen molar-refractivity contribution in [3.63, 3.8) is 0 Å². The van der Waals surface area contributed by atoms with E-state index < -0.39 is 29.3 Å². The Morgan fingerprint density at radius 3 is 2.82 bits per heavy atom. The first kappa shape index (κ1) is 25.6. The summed E-state index contributed by atoms with van der Waals surface area (Å²) in [5.74, 6) is -1.50. The number of rotatable bonds is 5. The lowest BCUT2D eigenvalue weighted by Crippen LogP contribution is -2.42. The van der Waals surface area contributed by atoms with Crippen LogP contribution in [0.5, 0.6) is 0 Å². The Morgan fingerprint density at radius 2 is 2.08 bits per heavy atom. The maximum absolute atomic E-state index is 15.0. The smallest absolute Gasteiger partial charge is 0.342 e. The van der Waals surface area contributed by atoms with Crippen LogP contribution in [0, 0.1) is 12.7 Å². The Labute approximate surface area is 223 Å². The van der Waals surface area contributed by atoms with Gasteiger partial charge >= 0.3 is 5.97 Å². The van der Waals surface area contributed by atoms with Crippen molar-refractivity contribution in [1.29, 1.82) is 0 Å². The maximum Gasteiger partial charge on any atom is 0.342 e. The van der Waals surface area contributed by atoms with E-state index in [2.05, 4.69) is 5.32 Å². The van der Waals surface area contributed by atoms with E-state index >= 15 is 0 Å². The second-order valence-corrected chi connectivity index (χ2v) is 11.0. The monoisotopic (exact) mass is 535 g/mol. The molecule has 1 aromatic carbocycles. The third kappa shape index (κ3) is 3.80. The van der Waals surface area contributed by atoms with Crippen molar-refractivity contribution in [2.45, 2.75) is 83.8 Å². The molecule has 0 fully saturated rings. The van der Waals surface area contributed by atoms with Crippen molar-refractivity contribution in [3.8, 4) is 11.4 Å². The van der Waals surface area contributed by atoms with Gasteiger partial charge in [0, 0.05) is 22.6 Å². The van der Waals surface area contributed by atoms with Crippen LogP contribution in [0.2, 0.25) is 0 Å². The predicted molar refractivity (Wildman–Crippen MR) is 139 cm³/mol. The molecule has 1 aliphatic carbocycles. The second kappa shape index (κ2) is 8.96. The van der Waals surface area contributed by atoms with E-state index in [0.717, 1.165) is 28.5 Å². The number of cyclic esters (lactones) is 1. The van der Waals surface area contributed by atoms with Crippen molar-refractivity contribution >= 4 is 22.8 Å². The lowest BCUT2D eigenvalue weighted by Gasteiger charge is -2.30. The topological polar surface area (TPSA) is 131 Å². The molecule has 0 bridgehead atoms. The summed E-state index contributed by atoms with van der Waals surface area (Å²) in [4.78, 5) is 43.6. The van der Waals surface area contributed by atoms with Crippen LogP contribution in [-0.2, 0) is 39.5 Å². The minimum atomic E-state index is -2.00. The summed E-state index contributed by atoms with van der Waals surface area (Å²) >= 11 is 0. The van der Waals surface area contributed by atoms with Crippen molar-refractivity contribution < 1.29 is 28.9 Å². The van der Waals surface area contributed by atoms with Crippen LogP contribution in [-0.4, -0.2) is 37.7 Å². The number of hydrogen-bond donors (Lipinski definition) is 3. The molecule has 3 N–H and O–H groups in total. The highest BCUT2D eigenvalue weighted by molar-refractivity contribution is 5.94. The summed E-state index contributed by atoms with van der Waals surface area (Å²) in [5.41, 5.74) is 2.14. The van der Waals surface area contributed by atoms with Crippen LogP contribution in [0.25, 0.3) is 22.3 Å². The van der Waals surface area contributed by atoms with Gasteiger partial charge in [-0.15, -0.1) is 0 Å². The standard InChI is InChI=1S/C29H30FN3O6/c1-4-5-14(34)8-23(35)31-20-7-6-15-13(2)19(30)10-21-24(15)25(20)16-11-33-22(26(16)32-21)9-18-17(27(33)36)12-39-28(37)29(18,3)38/h9-10,14,20,34,38H,4-8,11-12H2,1-3H3,(H,31,35)/t14?,20-,29-/m0/s1. The Balaban J connectivity index is 1.55. The molecule has 3 aromatic rings. The number of benzene rings is 1. The average Bonchev–Trinajstić information content (AvgIpc) is 3.24. The molecular formula is C29H30FN3O6. The van der Waals surface area contributed by atoms with Gasteiger partial charge in [-0.2, -0.15) is 0 Å². The zero-order valence-electron chi connectivity index (χ0n) is 22.1. The lowest BCUT2D eigenvalue weighted by molar-refractivity contribution is -0.169. The fourth-order valence-corrected chi connectivity index (χ4v) is 6.35. The number of aliphatic hydroxyl groups excluding tert-OH is 1. The largest absolute Gasteiger partial charge is 0.458 e. The van der Waals surface area contributed by atoms with Crippen molar-refractivity contribution in [1.82, 2.24) is 14.9 Å². The number of nitrogens with zero attached hydrogens (tertiary/aromatic N) is 2. The van der Waals surface area contributed by atoms with Crippen molar-refractivity contribution in [2.75, 3.05) is 0 Å². The van der Waals surface area contributed by atoms with Gasteiger partial charge in [0.15, 0.2) is 5.60 Å². The van der Waals surface area contributed by atoms with Gasteiger partial charge in [-0.25, -0.2) is 14.2 Å². The highest BCUT2D eigenvalue weighted by Crippen LogP contribution is 2.45. The van der Waals surface area contributed by atoms with Gasteiger partial charge in [-0.1, -0.05) is 13.3 Å². The number of pyridine rings is 2. The predicted octanol–water partition coefficient (Wildman–Crippen LogP) is 2.79. The van der Waals surface area contributed by atoms with Gasteiger partial charge in [0.25, 0.3) is 5.56 Å². The molecule has 1 amide bonds. The number of aliphatic hydroxyl groups is 2. The Morgan fingerprint density at radius 1 is 1.31 bits per heavy atom. The number of amides is 1. The molecule has 1 unspecified atom stereocenters. The number of ether oxygens (including phenoxy) is 1. The molecule has 3 aliphatic rings. The number of aromatic nitrogens is 2. The fraction of sp³-hybridized carbons (Fsp3) is 0.448. The summed E-state index contributed by atoms with van der Waals surface area (Å²) in [6, 6.07) is 2.55. The van der Waals surface area contributed by atoms with Gasteiger partial charge in [-0.3, -0.25) is 9.59 Å². The molecule has 0 saturated carbocycles. The van der Waals surface area contributed by atoms with Gasteiger partial charge < -0.3 is 24.8 Å². The molecule has 6 rings (SSSR count). The second-order valence-electron chi connectivity index (χ2n) is 11.0. The van der Waals surface area contributed by atoms with Crippen LogP contribution in [0.4, 0.5) is 4.39 Å². The van der Waals surface area contributed by atoms with Crippen LogP contribution in [0.15, 0.2) is 16.9 Å². The molecule has 2 aromatic heterocycles. The average molecular weight is 536 g/mol. The van der Waals surface area contributed by atoms with Crippen LogP contribution >= 0.6 is 0 Å². The van der Waals surface area contributed by atoms with Gasteiger partial charge in [0.05, 0.1) is 47.6 Å². The van der Waals surface area contributed by atoms with Crippen molar-refractivity contribution in [3.05, 3.63) is 61.7 Å². The Kier molecular flexibility index (Phi) is 5.89. The first-order chi connectivity index (χ1) is 18.5. The number of carbonyl (C=O) groups is 2. The third-order valence-electron chi connectivity index (χ3n) is 8.38. The zero-order valence-corrected chi connectivity index (χ0v) is 22.1. The molecular weight excluding hydrogens is 505 g/mol. The van der Waals surface area contributed by atoms with Crippen LogP contribution in [0.3, 0.4) is 0 Å². The number of esters is 1. The summed E-state index contributed by atoms with van der Waals surface area (Å²) < 4.78 is 21.6. The number of carbonyl (C=O) groups excluding carboxylic acids is 2. The van der Waals surface area contributed by atoms with Gasteiger partial charge in [0.2, 0.25) is 5.91 Å².